The number of hydrogen-bond donors (Lipinski definition) is 1. The molecule has 0 unspecified atom stereocenters. The van der Waals surface area contributed by atoms with Crippen LogP contribution >= 0.6 is 22.6 Å². The molecule has 0 heterocycles. The van der Waals surface area contributed by atoms with E-state index < -0.39 is 6.09 Å². The number of para-hydroxylation sites is 1. The van der Waals surface area contributed by atoms with E-state index in [4.69, 9.17) is 9.47 Å². The van der Waals surface area contributed by atoms with Crippen molar-refractivity contribution in [2.45, 2.75) is 0 Å². The molecule has 0 aromatic heterocycles. The van der Waals surface area contributed by atoms with Gasteiger partial charge in [-0.05, 0) is 16.1 Å². The van der Waals surface area contributed by atoms with Crippen molar-refractivity contribution in [1.82, 2.24) is 0 Å². The number of carbonyl (C=O) groups excluding carboxylic acids is 1. The average molecular weight is 345 g/mol. The summed E-state index contributed by atoms with van der Waals surface area (Å²) in [6.07, 6.45) is -0.486. The van der Waals surface area contributed by atoms with Gasteiger partial charge in [-0.1, -0.05) is 24.1 Å². The smallest absolute Gasteiger partial charge is 0.411 e. The van der Waals surface area contributed by atoms with E-state index in [-0.39, 0.29) is 6.61 Å². The topological polar surface area (TPSA) is 47.6 Å². The molecule has 0 radical (unpaired) electrons. The van der Waals surface area contributed by atoms with Crippen LogP contribution in [0.1, 0.15) is 0 Å². The second kappa shape index (κ2) is 8.84. The molecule has 1 N–H and O–H groups in total. The van der Waals surface area contributed by atoms with E-state index in [0.717, 1.165) is 0 Å². The lowest BCUT2D eigenvalue weighted by Crippen LogP contribution is -2.16. The lowest BCUT2D eigenvalue weighted by Gasteiger charge is -2.06. The maximum Gasteiger partial charge on any atom is 0.411 e. The van der Waals surface area contributed by atoms with Crippen LogP contribution in [-0.4, -0.2) is 25.9 Å². The van der Waals surface area contributed by atoms with Crippen LogP contribution in [0.25, 0.3) is 0 Å². The Morgan fingerprint density at radius 3 is 2.76 bits per heavy atom. The molecule has 1 aromatic rings. The van der Waals surface area contributed by atoms with Crippen LogP contribution in [0, 0.1) is 9.85 Å². The summed E-state index contributed by atoms with van der Waals surface area (Å²) in [4.78, 5) is 11.3. The predicted molar refractivity (Wildman–Crippen MR) is 74.0 cm³/mol. The third kappa shape index (κ3) is 6.81. The largest absolute Gasteiger partial charge is 0.447 e. The lowest BCUT2D eigenvalue weighted by atomic mass is 10.3. The zero-order valence-electron chi connectivity index (χ0n) is 9.11. The molecule has 0 saturated heterocycles. The highest BCUT2D eigenvalue weighted by atomic mass is 127. The van der Waals surface area contributed by atoms with E-state index in [0.29, 0.717) is 18.9 Å². The van der Waals surface area contributed by atoms with Crippen LogP contribution in [0.4, 0.5) is 10.5 Å². The first kappa shape index (κ1) is 13.8. The number of nitrogens with one attached hydrogen (secondary N) is 1. The van der Waals surface area contributed by atoms with Crippen molar-refractivity contribution >= 4 is 34.4 Å². The average Bonchev–Trinajstić information content (AvgIpc) is 2.35. The van der Waals surface area contributed by atoms with Gasteiger partial charge in [0.15, 0.2) is 0 Å². The molecule has 0 spiro atoms. The van der Waals surface area contributed by atoms with Crippen LogP contribution in [0.3, 0.4) is 0 Å². The van der Waals surface area contributed by atoms with Crippen molar-refractivity contribution in [1.29, 1.82) is 0 Å². The SMILES string of the molecule is O=C(Nc1ccccc1)OCCOCC#CI. The Morgan fingerprint density at radius 1 is 1.29 bits per heavy atom. The monoisotopic (exact) mass is 345 g/mol. The molecule has 1 rings (SSSR count). The minimum atomic E-state index is -0.486. The summed E-state index contributed by atoms with van der Waals surface area (Å²) >= 11 is 1.94. The number of ether oxygens (including phenoxy) is 2. The number of hydrogen-bond acceptors (Lipinski definition) is 3. The molecular weight excluding hydrogens is 333 g/mol. The van der Waals surface area contributed by atoms with Crippen molar-refractivity contribution in [2.75, 3.05) is 25.1 Å². The van der Waals surface area contributed by atoms with Gasteiger partial charge < -0.3 is 9.47 Å². The van der Waals surface area contributed by atoms with Crippen molar-refractivity contribution in [2.24, 2.45) is 0 Å². The quantitative estimate of drug-likeness (QED) is 0.507. The number of anilines is 1. The van der Waals surface area contributed by atoms with Crippen LogP contribution in [0.2, 0.25) is 0 Å². The molecule has 0 aliphatic heterocycles. The van der Waals surface area contributed by atoms with Gasteiger partial charge in [-0.25, -0.2) is 4.79 Å². The Balaban J connectivity index is 2.11. The standard InChI is InChI=1S/C12H12INO3/c13-7-4-8-16-9-10-17-12(15)14-11-5-2-1-3-6-11/h1-3,5-6H,8-10H2,(H,14,15). The molecule has 4 nitrogen and oxygen atoms in total. The molecule has 0 saturated carbocycles. The normalized spacial score (nSPS) is 9.00. The van der Waals surface area contributed by atoms with Gasteiger partial charge >= 0.3 is 6.09 Å². The molecule has 0 aliphatic rings. The fraction of sp³-hybridized carbons (Fsp3) is 0.250. The molecule has 0 fully saturated rings. The van der Waals surface area contributed by atoms with E-state index in [9.17, 15) is 4.79 Å². The summed E-state index contributed by atoms with van der Waals surface area (Å²) in [5.74, 6) is 2.73. The molecule has 1 aromatic carbocycles. The predicted octanol–water partition coefficient (Wildman–Crippen LogP) is 2.65. The Morgan fingerprint density at radius 2 is 2.06 bits per heavy atom. The summed E-state index contributed by atoms with van der Waals surface area (Å²) in [5.41, 5.74) is 0.703. The van der Waals surface area contributed by atoms with Gasteiger partial charge in [0, 0.05) is 28.3 Å². The van der Waals surface area contributed by atoms with E-state index >= 15 is 0 Å². The Kier molecular flexibility index (Phi) is 7.18. The van der Waals surface area contributed by atoms with Crippen LogP contribution in [0.5, 0.6) is 0 Å². The van der Waals surface area contributed by atoms with Crippen molar-refractivity contribution in [3.63, 3.8) is 0 Å². The zero-order chi connectivity index (χ0) is 12.3. The van der Waals surface area contributed by atoms with Crippen molar-refractivity contribution < 1.29 is 14.3 Å². The van der Waals surface area contributed by atoms with E-state index in [1.54, 1.807) is 12.1 Å². The summed E-state index contributed by atoms with van der Waals surface area (Å²) < 4.78 is 12.7. The van der Waals surface area contributed by atoms with Crippen molar-refractivity contribution in [3.05, 3.63) is 30.3 Å². The fourth-order valence-corrected chi connectivity index (χ4v) is 1.17. The van der Waals surface area contributed by atoms with Crippen LogP contribution in [-0.2, 0) is 9.47 Å². The molecule has 5 heteroatoms. The number of halogens is 1. The maximum atomic E-state index is 11.3. The van der Waals surface area contributed by atoms with E-state index in [1.165, 1.54) is 0 Å². The lowest BCUT2D eigenvalue weighted by molar-refractivity contribution is 0.0943. The van der Waals surface area contributed by atoms with Crippen molar-refractivity contribution in [3.8, 4) is 9.85 Å². The molecule has 0 aliphatic carbocycles. The number of rotatable bonds is 5. The highest BCUT2D eigenvalue weighted by molar-refractivity contribution is 14.1. The third-order valence-electron chi connectivity index (χ3n) is 1.72. The Labute approximate surface area is 114 Å². The first-order chi connectivity index (χ1) is 8.33. The summed E-state index contributed by atoms with van der Waals surface area (Å²) in [6, 6.07) is 9.11. The zero-order valence-corrected chi connectivity index (χ0v) is 11.3. The van der Waals surface area contributed by atoms with Gasteiger partial charge in [0.25, 0.3) is 0 Å². The first-order valence-electron chi connectivity index (χ1n) is 4.98. The third-order valence-corrected chi connectivity index (χ3v) is 2.10. The Bertz CT molecular complexity index is 397. The minimum absolute atomic E-state index is 0.210. The summed E-state index contributed by atoms with van der Waals surface area (Å²) in [6.45, 7) is 0.904. The van der Waals surface area contributed by atoms with Gasteiger partial charge in [-0.15, -0.1) is 0 Å². The molecule has 90 valence electrons. The van der Waals surface area contributed by atoms with Crippen LogP contribution in [0.15, 0.2) is 30.3 Å². The molecular formula is C12H12INO3. The van der Waals surface area contributed by atoms with Gasteiger partial charge in [0.05, 0.1) is 6.61 Å². The van der Waals surface area contributed by atoms with E-state index in [1.807, 2.05) is 40.8 Å². The molecule has 17 heavy (non-hydrogen) atoms. The molecule has 1 amide bonds. The van der Waals surface area contributed by atoms with Gasteiger partial charge in [0.2, 0.25) is 0 Å². The van der Waals surface area contributed by atoms with Gasteiger partial charge in [-0.3, -0.25) is 5.32 Å². The fourth-order valence-electron chi connectivity index (χ4n) is 1.02. The molecule has 0 atom stereocenters. The maximum absolute atomic E-state index is 11.3. The molecule has 0 bridgehead atoms. The van der Waals surface area contributed by atoms with Crippen LogP contribution < -0.4 is 5.32 Å². The van der Waals surface area contributed by atoms with Gasteiger partial charge in [-0.2, -0.15) is 0 Å². The first-order valence-corrected chi connectivity index (χ1v) is 6.06. The van der Waals surface area contributed by atoms with Gasteiger partial charge in [0.1, 0.15) is 13.2 Å². The minimum Gasteiger partial charge on any atom is -0.447 e. The number of benzene rings is 1. The second-order valence-corrected chi connectivity index (χ2v) is 3.49. The highest BCUT2D eigenvalue weighted by Gasteiger charge is 2.01. The number of amides is 1. The highest BCUT2D eigenvalue weighted by Crippen LogP contribution is 2.04. The second-order valence-electron chi connectivity index (χ2n) is 2.95. The summed E-state index contributed by atoms with van der Waals surface area (Å²) in [5, 5.41) is 2.60. The van der Waals surface area contributed by atoms with E-state index in [2.05, 4.69) is 15.2 Å². The summed E-state index contributed by atoms with van der Waals surface area (Å²) in [7, 11) is 0. The number of carbonyl (C=O) groups is 1. The Hall–Kier alpha value is -1.26.